The smallest absolute Gasteiger partial charge is 0.336 e. The van der Waals surface area contributed by atoms with Crippen LogP contribution in [0.25, 0.3) is 0 Å². The molecule has 1 saturated carbocycles. The highest BCUT2D eigenvalue weighted by atomic mass is 35.5. The second kappa shape index (κ2) is 18.2. The number of thiazole rings is 1. The fourth-order valence-corrected chi connectivity index (χ4v) is 9.18. The van der Waals surface area contributed by atoms with E-state index in [1.165, 1.54) is 64.2 Å². The molecular weight excluding hydrogens is 709 g/mol. The molecule has 1 aromatic carbocycles. The van der Waals surface area contributed by atoms with E-state index in [2.05, 4.69) is 33.9 Å². The molecule has 3 heterocycles. The van der Waals surface area contributed by atoms with Crippen molar-refractivity contribution in [1.82, 2.24) is 25.0 Å². The number of halogens is 2. The lowest BCUT2D eigenvalue weighted by Gasteiger charge is -2.39. The molecule has 0 bridgehead atoms. The predicted molar refractivity (Wildman–Crippen MR) is 202 cm³/mol. The zero-order valence-electron chi connectivity index (χ0n) is 30.3. The number of allylic oxidation sites excluding steroid dienone is 1. The monoisotopic (exact) mass is 759 g/mol. The van der Waals surface area contributed by atoms with Crippen LogP contribution in [0.2, 0.25) is 10.0 Å². The van der Waals surface area contributed by atoms with Gasteiger partial charge in [0.25, 0.3) is 0 Å². The highest BCUT2D eigenvalue weighted by molar-refractivity contribution is 7.09. The number of hydrogen-bond acceptors (Lipinski definition) is 10. The van der Waals surface area contributed by atoms with Gasteiger partial charge < -0.3 is 24.6 Å². The van der Waals surface area contributed by atoms with Crippen LogP contribution in [0.4, 0.5) is 0 Å². The molecule has 13 heteroatoms. The predicted octanol–water partition coefficient (Wildman–Crippen LogP) is 6.45. The fraction of sp³-hybridized carbons (Fsp3) is 0.579. The zero-order valence-corrected chi connectivity index (χ0v) is 32.6. The van der Waals surface area contributed by atoms with Gasteiger partial charge in [-0.3, -0.25) is 9.69 Å². The molecule has 10 nitrogen and oxygen atoms in total. The molecule has 3 aliphatic rings. The molecule has 1 unspecified atom stereocenters. The van der Waals surface area contributed by atoms with Gasteiger partial charge in [0.1, 0.15) is 0 Å². The van der Waals surface area contributed by atoms with Crippen LogP contribution in [0.1, 0.15) is 75.3 Å². The largest absolute Gasteiger partial charge is 0.466 e. The van der Waals surface area contributed by atoms with Crippen molar-refractivity contribution in [2.24, 2.45) is 5.41 Å². The summed E-state index contributed by atoms with van der Waals surface area (Å²) in [5.74, 6) is -2.48. The van der Waals surface area contributed by atoms with Gasteiger partial charge in [0.15, 0.2) is 0 Å². The van der Waals surface area contributed by atoms with E-state index in [1.54, 1.807) is 24.4 Å². The number of aromatic nitrogens is 1. The number of hydrogen-bond donors (Lipinski definition) is 1. The van der Waals surface area contributed by atoms with E-state index in [0.29, 0.717) is 48.3 Å². The van der Waals surface area contributed by atoms with Crippen LogP contribution in [0.5, 0.6) is 0 Å². The number of piperazine rings is 1. The number of aryl methyl sites for hydroxylation is 1. The fourth-order valence-electron chi connectivity index (χ4n) is 7.94. The number of rotatable bonds is 15. The Bertz CT molecular complexity index is 1570. The van der Waals surface area contributed by atoms with Gasteiger partial charge in [-0.25, -0.2) is 14.6 Å². The van der Waals surface area contributed by atoms with Crippen molar-refractivity contribution in [2.45, 2.75) is 71.1 Å². The van der Waals surface area contributed by atoms with Crippen LogP contribution in [-0.4, -0.2) is 104 Å². The molecule has 1 amide bonds. The quantitative estimate of drug-likeness (QED) is 0.205. The first-order chi connectivity index (χ1) is 24.6. The lowest BCUT2D eigenvalue weighted by atomic mass is 9.78. The molecule has 0 radical (unpaired) electrons. The molecule has 1 saturated heterocycles. The summed E-state index contributed by atoms with van der Waals surface area (Å²) >= 11 is 15.0. The van der Waals surface area contributed by atoms with Crippen LogP contribution < -0.4 is 5.32 Å². The number of carbonyl (C=O) groups is 3. The van der Waals surface area contributed by atoms with Gasteiger partial charge in [0, 0.05) is 77.7 Å². The third-order valence-corrected chi connectivity index (χ3v) is 12.3. The van der Waals surface area contributed by atoms with E-state index in [0.717, 1.165) is 37.7 Å². The van der Waals surface area contributed by atoms with Crippen LogP contribution in [0, 0.1) is 5.41 Å². The van der Waals surface area contributed by atoms with Crippen molar-refractivity contribution in [1.29, 1.82) is 0 Å². The Morgan fingerprint density at radius 3 is 2.16 bits per heavy atom. The molecule has 2 aliphatic heterocycles. The van der Waals surface area contributed by atoms with Gasteiger partial charge in [0.2, 0.25) is 5.91 Å². The molecular formula is C38H51Cl2N5O5S. The highest BCUT2D eigenvalue weighted by Gasteiger charge is 2.42. The third kappa shape index (κ3) is 9.35. The summed E-state index contributed by atoms with van der Waals surface area (Å²) in [5, 5.41) is 6.65. The van der Waals surface area contributed by atoms with Crippen LogP contribution in [-0.2, 0) is 30.3 Å². The van der Waals surface area contributed by atoms with Crippen molar-refractivity contribution >= 4 is 52.4 Å². The number of benzene rings is 1. The van der Waals surface area contributed by atoms with E-state index < -0.39 is 17.9 Å². The maximum atomic E-state index is 14.0. The topological polar surface area (TPSA) is 104 Å². The van der Waals surface area contributed by atoms with Gasteiger partial charge in [-0.1, -0.05) is 56.0 Å². The molecule has 1 aliphatic carbocycles. The Hall–Kier alpha value is -2.96. The molecule has 1 aromatic heterocycles. The number of amides is 1. The minimum Gasteiger partial charge on any atom is -0.466 e. The zero-order chi connectivity index (χ0) is 36.5. The highest BCUT2D eigenvalue weighted by Crippen LogP contribution is 2.46. The number of methoxy groups -OCH3 is 2. The van der Waals surface area contributed by atoms with Gasteiger partial charge in [0.05, 0.1) is 42.7 Å². The van der Waals surface area contributed by atoms with Gasteiger partial charge in [-0.2, -0.15) is 0 Å². The first-order valence-electron chi connectivity index (χ1n) is 18.1. The molecule has 2 fully saturated rings. The molecule has 1 atom stereocenters. The lowest BCUT2D eigenvalue weighted by molar-refractivity contribution is -0.137. The van der Waals surface area contributed by atoms with Crippen molar-refractivity contribution in [3.63, 3.8) is 0 Å². The van der Waals surface area contributed by atoms with Gasteiger partial charge >= 0.3 is 11.9 Å². The minimum atomic E-state index is -1.03. The molecule has 0 spiro atoms. The molecule has 2 aromatic rings. The van der Waals surface area contributed by atoms with Gasteiger partial charge in [-0.15, -0.1) is 11.3 Å². The number of carbonyl (C=O) groups excluding carboxylic acids is 3. The Labute approximate surface area is 316 Å². The number of nitrogens with one attached hydrogen (secondary N) is 1. The van der Waals surface area contributed by atoms with Crippen LogP contribution >= 0.6 is 34.5 Å². The van der Waals surface area contributed by atoms with Crippen LogP contribution in [0.15, 0.2) is 52.3 Å². The second-order valence-corrected chi connectivity index (χ2v) is 15.5. The summed E-state index contributed by atoms with van der Waals surface area (Å²) in [6.07, 6.45) is 8.94. The third-order valence-electron chi connectivity index (χ3n) is 10.8. The molecule has 278 valence electrons. The summed E-state index contributed by atoms with van der Waals surface area (Å²) in [6.45, 7) is 11.7. The summed E-state index contributed by atoms with van der Waals surface area (Å²) < 4.78 is 10.6. The van der Waals surface area contributed by atoms with E-state index >= 15 is 0 Å². The molecule has 1 N–H and O–H groups in total. The summed E-state index contributed by atoms with van der Waals surface area (Å²) in [6, 6.07) is 5.02. The SMILES string of the molecule is CCN(CC)CC1(CCN2CCN(C(=O)CC3=C(C(=O)OC)C(c4c(Cl)cccc4Cl)C(C(=O)OC)=C(CCc4nccs4)N3)CC2)CCCC1. The maximum absolute atomic E-state index is 14.0. The summed E-state index contributed by atoms with van der Waals surface area (Å²) in [7, 11) is 2.56. The van der Waals surface area contributed by atoms with E-state index in [1.807, 2.05) is 10.3 Å². The normalized spacial score (nSPS) is 19.4. The summed E-state index contributed by atoms with van der Waals surface area (Å²) in [4.78, 5) is 52.6. The van der Waals surface area contributed by atoms with Crippen molar-refractivity contribution in [3.8, 4) is 0 Å². The first kappa shape index (κ1) is 39.3. The molecule has 51 heavy (non-hydrogen) atoms. The lowest BCUT2D eigenvalue weighted by Crippen LogP contribution is -2.50. The Morgan fingerprint density at radius 1 is 0.961 bits per heavy atom. The van der Waals surface area contributed by atoms with Crippen molar-refractivity contribution < 1.29 is 23.9 Å². The van der Waals surface area contributed by atoms with Crippen LogP contribution in [0.3, 0.4) is 0 Å². The Balaban J connectivity index is 1.38. The maximum Gasteiger partial charge on any atom is 0.336 e. The Kier molecular flexibility index (Phi) is 14.0. The van der Waals surface area contributed by atoms with E-state index in [-0.39, 0.29) is 33.5 Å². The standard InChI is InChI=1S/C38H51Cl2N5O5S/c1-5-43(6-2)25-38(14-7-8-15-38)16-18-44-19-21-45(22-20-44)31(46)24-29-34(37(48)50-4)35(32-26(39)10-9-11-27(32)40)33(36(47)49-3)28(42-29)12-13-30-41-17-23-51-30/h9-11,17,23,35,42H,5-8,12-16,18-22,24-25H2,1-4H3. The van der Waals surface area contributed by atoms with Crippen molar-refractivity contribution in [3.05, 3.63) is 72.9 Å². The number of ether oxygens (including phenoxy) is 2. The molecule has 5 rings (SSSR count). The average Bonchev–Trinajstić information content (AvgIpc) is 3.84. The van der Waals surface area contributed by atoms with E-state index in [9.17, 15) is 14.4 Å². The van der Waals surface area contributed by atoms with E-state index in [4.69, 9.17) is 32.7 Å². The first-order valence-corrected chi connectivity index (χ1v) is 19.7. The second-order valence-electron chi connectivity index (χ2n) is 13.7. The Morgan fingerprint density at radius 2 is 1.59 bits per heavy atom. The number of nitrogens with zero attached hydrogens (tertiary/aromatic N) is 4. The van der Waals surface area contributed by atoms with Gasteiger partial charge in [-0.05, 0) is 62.9 Å². The average molecular weight is 761 g/mol. The van der Waals surface area contributed by atoms with Crippen molar-refractivity contribution in [2.75, 3.05) is 66.6 Å². The number of dihydropyridines is 1. The number of esters is 2. The summed E-state index contributed by atoms with van der Waals surface area (Å²) in [5.41, 5.74) is 1.93. The minimum absolute atomic E-state index is 0.0921.